The number of carbonyl (C=O) groups is 2. The van der Waals surface area contributed by atoms with Crippen LogP contribution in [-0.4, -0.2) is 59.3 Å². The first kappa shape index (κ1) is 39.3. The maximum absolute atomic E-state index is 13.0. The van der Waals surface area contributed by atoms with Crippen molar-refractivity contribution in [3.63, 3.8) is 0 Å². The van der Waals surface area contributed by atoms with Crippen LogP contribution in [0.4, 0.5) is 0 Å². The molecule has 0 unspecified atom stereocenters. The van der Waals surface area contributed by atoms with Crippen molar-refractivity contribution in [1.82, 2.24) is 14.8 Å². The highest BCUT2D eigenvalue weighted by atomic mass is 35.5. The standard InChI is InChI=1S/C42H39Cl2N3O5.ClH/c1-29-6-12-33(13-7-29)38(48)28-51-35-14-8-32(9-15-35)26-46-20-22-47(23-21-46)41(49)19-11-31-10-17-39(30(2)24-31)52-40-18-16-36(25-45-40)50-27-34-4-3-5-37(43)42(34)44;/h3-19,24-25H,20-23,26-28H2,1-2H3;1H/b19-11+;. The van der Waals surface area contributed by atoms with E-state index in [2.05, 4.69) is 9.88 Å². The van der Waals surface area contributed by atoms with Crippen LogP contribution in [0.1, 0.15) is 38.2 Å². The van der Waals surface area contributed by atoms with Crippen molar-refractivity contribution < 1.29 is 23.8 Å². The third-order valence-electron chi connectivity index (χ3n) is 8.72. The number of hydrogen-bond donors (Lipinski definition) is 0. The minimum atomic E-state index is -0.0501. The summed E-state index contributed by atoms with van der Waals surface area (Å²) in [7, 11) is 0. The lowest BCUT2D eigenvalue weighted by molar-refractivity contribution is -0.127. The van der Waals surface area contributed by atoms with Gasteiger partial charge in [0.25, 0.3) is 0 Å². The number of carbonyl (C=O) groups excluding carboxylic acids is 2. The second-order valence-corrected chi connectivity index (χ2v) is 13.4. The van der Waals surface area contributed by atoms with Gasteiger partial charge in [-0.15, -0.1) is 12.4 Å². The molecule has 0 spiro atoms. The first-order valence-corrected chi connectivity index (χ1v) is 17.8. The molecule has 0 radical (unpaired) electrons. The third-order valence-corrected chi connectivity index (χ3v) is 9.58. The summed E-state index contributed by atoms with van der Waals surface area (Å²) in [5.41, 5.74) is 5.51. The van der Waals surface area contributed by atoms with Gasteiger partial charge in [0.15, 0.2) is 12.4 Å². The molecule has 1 aliphatic heterocycles. The normalized spacial score (nSPS) is 13.0. The molecule has 0 N–H and O–H groups in total. The number of benzene rings is 4. The van der Waals surface area contributed by atoms with E-state index in [1.807, 2.05) is 104 Å². The van der Waals surface area contributed by atoms with Gasteiger partial charge in [0.2, 0.25) is 11.8 Å². The van der Waals surface area contributed by atoms with Crippen LogP contribution in [0.25, 0.3) is 6.08 Å². The SMILES string of the molecule is Cc1ccc(C(=O)COc2ccc(CN3CCN(C(=O)/C=C/c4ccc(Oc5ccc(OCc6cccc(Cl)c6Cl)cn5)c(C)c4)CC3)cc2)cc1.Cl. The predicted octanol–water partition coefficient (Wildman–Crippen LogP) is 9.42. The molecule has 1 aliphatic rings. The van der Waals surface area contributed by atoms with Gasteiger partial charge in [-0.3, -0.25) is 14.5 Å². The molecule has 2 heterocycles. The fourth-order valence-electron chi connectivity index (χ4n) is 5.66. The van der Waals surface area contributed by atoms with Gasteiger partial charge in [-0.2, -0.15) is 0 Å². The molecule has 1 saturated heterocycles. The maximum Gasteiger partial charge on any atom is 0.246 e. The number of aromatic nitrogens is 1. The Morgan fingerprint density at radius 2 is 1.57 bits per heavy atom. The van der Waals surface area contributed by atoms with E-state index >= 15 is 0 Å². The molecule has 4 aromatic carbocycles. The first-order valence-electron chi connectivity index (χ1n) is 17.0. The van der Waals surface area contributed by atoms with Crippen LogP contribution in [0, 0.1) is 13.8 Å². The summed E-state index contributed by atoms with van der Waals surface area (Å²) in [6.07, 6.45) is 5.06. The number of pyridine rings is 1. The monoisotopic (exact) mass is 771 g/mol. The molecular formula is C42H40Cl3N3O5. The zero-order valence-electron chi connectivity index (χ0n) is 29.5. The summed E-state index contributed by atoms with van der Waals surface area (Å²) in [6, 6.07) is 30.0. The number of piperazine rings is 1. The molecule has 1 fully saturated rings. The van der Waals surface area contributed by atoms with Gasteiger partial charge in [-0.1, -0.05) is 83.4 Å². The average Bonchev–Trinajstić information content (AvgIpc) is 3.16. The van der Waals surface area contributed by atoms with Crippen LogP contribution in [0.15, 0.2) is 109 Å². The van der Waals surface area contributed by atoms with Crippen molar-refractivity contribution in [2.24, 2.45) is 0 Å². The summed E-state index contributed by atoms with van der Waals surface area (Å²) in [5, 5.41) is 0.956. The van der Waals surface area contributed by atoms with Gasteiger partial charge < -0.3 is 19.1 Å². The molecule has 0 saturated carbocycles. The first-order chi connectivity index (χ1) is 25.2. The van der Waals surface area contributed by atoms with Crippen molar-refractivity contribution in [2.45, 2.75) is 27.0 Å². The van der Waals surface area contributed by atoms with Crippen molar-refractivity contribution >= 4 is 53.4 Å². The fraction of sp³-hybridized carbons (Fsp3) is 0.214. The van der Waals surface area contributed by atoms with E-state index in [0.29, 0.717) is 51.8 Å². The molecule has 53 heavy (non-hydrogen) atoms. The van der Waals surface area contributed by atoms with Gasteiger partial charge in [0.05, 0.1) is 16.2 Å². The summed E-state index contributed by atoms with van der Waals surface area (Å²) >= 11 is 12.3. The van der Waals surface area contributed by atoms with E-state index in [1.54, 1.807) is 30.5 Å². The minimum absolute atomic E-state index is 0. The van der Waals surface area contributed by atoms with E-state index in [1.165, 1.54) is 0 Å². The van der Waals surface area contributed by atoms with E-state index in [4.69, 9.17) is 37.4 Å². The molecule has 1 amide bonds. The van der Waals surface area contributed by atoms with Crippen LogP contribution in [-0.2, 0) is 17.9 Å². The van der Waals surface area contributed by atoms with E-state index in [0.717, 1.165) is 47.5 Å². The Labute approximate surface area is 326 Å². The van der Waals surface area contributed by atoms with Crippen LogP contribution in [0.3, 0.4) is 0 Å². The lowest BCUT2D eigenvalue weighted by Gasteiger charge is -2.34. The van der Waals surface area contributed by atoms with Crippen LogP contribution in [0.5, 0.6) is 23.1 Å². The molecule has 274 valence electrons. The number of ether oxygens (including phenoxy) is 3. The number of nitrogens with zero attached hydrogens (tertiary/aromatic N) is 3. The van der Waals surface area contributed by atoms with E-state index < -0.39 is 0 Å². The topological polar surface area (TPSA) is 81.2 Å². The maximum atomic E-state index is 13.0. The number of halogens is 3. The van der Waals surface area contributed by atoms with Crippen LogP contribution < -0.4 is 14.2 Å². The lowest BCUT2D eigenvalue weighted by atomic mass is 10.1. The van der Waals surface area contributed by atoms with Crippen LogP contribution >= 0.6 is 35.6 Å². The van der Waals surface area contributed by atoms with Crippen LogP contribution in [0.2, 0.25) is 10.0 Å². The summed E-state index contributed by atoms with van der Waals surface area (Å²) in [4.78, 5) is 34.0. The number of ketones is 1. The molecule has 0 bridgehead atoms. The second-order valence-electron chi connectivity index (χ2n) is 12.6. The van der Waals surface area contributed by atoms with Crippen molar-refractivity contribution in [3.8, 4) is 23.1 Å². The molecular weight excluding hydrogens is 733 g/mol. The summed E-state index contributed by atoms with van der Waals surface area (Å²) in [6.45, 7) is 7.87. The largest absolute Gasteiger partial charge is 0.487 e. The molecule has 5 aromatic rings. The van der Waals surface area contributed by atoms with Gasteiger partial charge >= 0.3 is 0 Å². The molecule has 1 aromatic heterocycles. The van der Waals surface area contributed by atoms with Gasteiger partial charge in [0.1, 0.15) is 23.9 Å². The summed E-state index contributed by atoms with van der Waals surface area (Å²) < 4.78 is 17.5. The highest BCUT2D eigenvalue weighted by Crippen LogP contribution is 2.28. The quantitative estimate of drug-likeness (QED) is 0.0872. The predicted molar refractivity (Wildman–Crippen MR) is 212 cm³/mol. The highest BCUT2D eigenvalue weighted by Gasteiger charge is 2.20. The zero-order chi connectivity index (χ0) is 36.5. The molecule has 0 atom stereocenters. The Kier molecular flexibility index (Phi) is 13.9. The third kappa shape index (κ3) is 11.1. The number of amides is 1. The van der Waals surface area contributed by atoms with E-state index in [-0.39, 0.29) is 37.3 Å². The number of aryl methyl sites for hydroxylation is 2. The molecule has 11 heteroatoms. The minimum Gasteiger partial charge on any atom is -0.487 e. The van der Waals surface area contributed by atoms with Gasteiger partial charge in [0, 0.05) is 56.0 Å². The van der Waals surface area contributed by atoms with Gasteiger partial charge in [-0.05, 0) is 73.0 Å². The Balaban J connectivity index is 0.00000541. The van der Waals surface area contributed by atoms with Crippen molar-refractivity contribution in [1.29, 1.82) is 0 Å². The number of rotatable bonds is 13. The molecule has 6 rings (SSSR count). The lowest BCUT2D eigenvalue weighted by Crippen LogP contribution is -2.47. The fourth-order valence-corrected chi connectivity index (χ4v) is 6.03. The van der Waals surface area contributed by atoms with Crippen molar-refractivity contribution in [2.75, 3.05) is 32.8 Å². The highest BCUT2D eigenvalue weighted by molar-refractivity contribution is 6.42. The Morgan fingerprint density at radius 1 is 0.830 bits per heavy atom. The zero-order valence-corrected chi connectivity index (χ0v) is 31.8. The van der Waals surface area contributed by atoms with Gasteiger partial charge in [-0.25, -0.2) is 4.98 Å². The number of Topliss-reactive ketones (excluding diaryl/α,β-unsaturated/α-hetero) is 1. The Hall–Kier alpha value is -4.86. The molecule has 0 aliphatic carbocycles. The number of hydrogen-bond acceptors (Lipinski definition) is 7. The second kappa shape index (κ2) is 18.8. The summed E-state index contributed by atoms with van der Waals surface area (Å²) in [5.74, 6) is 2.28. The Bertz CT molecular complexity index is 2030. The molecule has 8 nitrogen and oxygen atoms in total. The van der Waals surface area contributed by atoms with Crippen molar-refractivity contribution in [3.05, 3.63) is 153 Å². The Morgan fingerprint density at radius 3 is 2.26 bits per heavy atom. The average molecular weight is 773 g/mol. The van der Waals surface area contributed by atoms with E-state index in [9.17, 15) is 9.59 Å². The smallest absolute Gasteiger partial charge is 0.246 e.